The highest BCUT2D eigenvalue weighted by molar-refractivity contribution is 6.32. The number of ether oxygens (including phenoxy) is 1. The Labute approximate surface area is 154 Å². The van der Waals surface area contributed by atoms with E-state index >= 15 is 0 Å². The fourth-order valence-electron chi connectivity index (χ4n) is 2.18. The zero-order chi connectivity index (χ0) is 20.6. The van der Waals surface area contributed by atoms with Crippen molar-refractivity contribution in [2.75, 3.05) is 5.32 Å². The Bertz CT molecular complexity index is 854. The van der Waals surface area contributed by atoms with E-state index in [-0.39, 0.29) is 11.5 Å². The number of benzene rings is 2. The van der Waals surface area contributed by atoms with E-state index in [1.807, 2.05) is 0 Å². The first kappa shape index (κ1) is 20.9. The number of alkyl halides is 6. The van der Waals surface area contributed by atoms with Gasteiger partial charge in [0.2, 0.25) is 0 Å². The second-order valence-corrected chi connectivity index (χ2v) is 6.01. The summed E-state index contributed by atoms with van der Waals surface area (Å²) in [5.41, 5.74) is -0.813. The van der Waals surface area contributed by atoms with Gasteiger partial charge in [-0.25, -0.2) is 0 Å². The number of hydrogen-bond acceptors (Lipinski definition) is 2. The van der Waals surface area contributed by atoms with Crippen molar-refractivity contribution >= 4 is 23.2 Å². The maximum absolute atomic E-state index is 12.9. The largest absolute Gasteiger partial charge is 0.471 e. The Kier molecular flexibility index (Phi) is 5.65. The number of halogens is 7. The third-order valence-electron chi connectivity index (χ3n) is 3.45. The van der Waals surface area contributed by atoms with Crippen LogP contribution in [0.1, 0.15) is 16.7 Å². The lowest BCUT2D eigenvalue weighted by atomic mass is 10.1. The number of amides is 1. The Balaban J connectivity index is 2.47. The first-order valence-electron chi connectivity index (χ1n) is 7.33. The quantitative estimate of drug-likeness (QED) is 0.605. The Morgan fingerprint density at radius 1 is 1.00 bits per heavy atom. The first-order valence-corrected chi connectivity index (χ1v) is 7.71. The smallest absolute Gasteiger partial charge is 0.455 e. The molecule has 0 saturated heterocycles. The minimum absolute atomic E-state index is 0.136. The summed E-state index contributed by atoms with van der Waals surface area (Å²) in [5.74, 6) is -2.67. The van der Waals surface area contributed by atoms with Gasteiger partial charge in [-0.3, -0.25) is 4.79 Å². The highest BCUT2D eigenvalue weighted by Gasteiger charge is 2.39. The summed E-state index contributed by atoms with van der Waals surface area (Å²) in [4.78, 5) is 11.2. The minimum Gasteiger partial charge on any atom is -0.455 e. The Morgan fingerprint density at radius 3 is 2.04 bits per heavy atom. The van der Waals surface area contributed by atoms with E-state index in [2.05, 4.69) is 0 Å². The normalized spacial score (nSPS) is 12.0. The summed E-state index contributed by atoms with van der Waals surface area (Å²) < 4.78 is 81.4. The number of hydrogen-bond donors (Lipinski definition) is 1. The van der Waals surface area contributed by atoms with Gasteiger partial charge in [0.1, 0.15) is 5.75 Å². The van der Waals surface area contributed by atoms with Crippen LogP contribution < -0.4 is 10.1 Å². The van der Waals surface area contributed by atoms with Crippen LogP contribution in [0.15, 0.2) is 30.3 Å². The number of aryl methyl sites for hydroxylation is 2. The van der Waals surface area contributed by atoms with Crippen molar-refractivity contribution in [2.45, 2.75) is 26.2 Å². The van der Waals surface area contributed by atoms with Crippen LogP contribution in [0, 0.1) is 13.8 Å². The van der Waals surface area contributed by atoms with E-state index in [0.29, 0.717) is 28.3 Å². The molecule has 27 heavy (non-hydrogen) atoms. The maximum atomic E-state index is 12.9. The van der Waals surface area contributed by atoms with E-state index in [1.54, 1.807) is 13.8 Å². The van der Waals surface area contributed by atoms with Crippen LogP contribution in [-0.4, -0.2) is 12.1 Å². The molecule has 10 heteroatoms. The molecule has 0 radical (unpaired) electrons. The monoisotopic (exact) mass is 411 g/mol. The fourth-order valence-corrected chi connectivity index (χ4v) is 2.29. The number of nitrogens with one attached hydrogen (secondary N) is 1. The second kappa shape index (κ2) is 7.30. The van der Waals surface area contributed by atoms with Gasteiger partial charge in [0, 0.05) is 5.02 Å². The van der Waals surface area contributed by atoms with Gasteiger partial charge in [-0.15, -0.1) is 0 Å². The van der Waals surface area contributed by atoms with Crippen LogP contribution in [-0.2, 0) is 11.0 Å². The van der Waals surface area contributed by atoms with Crippen LogP contribution in [0.4, 0.5) is 32.0 Å². The van der Waals surface area contributed by atoms with E-state index in [4.69, 9.17) is 16.3 Å². The molecule has 0 fully saturated rings. The lowest BCUT2D eigenvalue weighted by Crippen LogP contribution is -2.30. The molecule has 1 amide bonds. The fraction of sp³-hybridized carbons (Fsp3) is 0.235. The molecule has 0 atom stereocenters. The Hall–Kier alpha value is -2.42. The van der Waals surface area contributed by atoms with E-state index in [0.717, 1.165) is 6.07 Å². The molecule has 0 bridgehead atoms. The van der Waals surface area contributed by atoms with Gasteiger partial charge < -0.3 is 10.1 Å². The number of carbonyl (C=O) groups excluding carboxylic acids is 1. The molecule has 3 nitrogen and oxygen atoms in total. The van der Waals surface area contributed by atoms with Crippen molar-refractivity contribution in [1.82, 2.24) is 0 Å². The van der Waals surface area contributed by atoms with Crippen LogP contribution in [0.5, 0.6) is 11.5 Å². The van der Waals surface area contributed by atoms with Crippen molar-refractivity contribution in [3.63, 3.8) is 0 Å². The molecule has 0 spiro atoms. The number of anilines is 1. The van der Waals surface area contributed by atoms with E-state index < -0.39 is 29.5 Å². The average molecular weight is 412 g/mol. The molecule has 0 unspecified atom stereocenters. The van der Waals surface area contributed by atoms with Crippen LogP contribution >= 0.6 is 11.6 Å². The molecule has 2 aromatic carbocycles. The van der Waals surface area contributed by atoms with Crippen molar-refractivity contribution in [2.24, 2.45) is 0 Å². The van der Waals surface area contributed by atoms with Gasteiger partial charge in [0.15, 0.2) is 5.75 Å². The molecule has 2 aromatic rings. The van der Waals surface area contributed by atoms with Gasteiger partial charge in [-0.1, -0.05) is 11.6 Å². The summed E-state index contributed by atoms with van der Waals surface area (Å²) in [6, 6.07) is 4.75. The highest BCUT2D eigenvalue weighted by Crippen LogP contribution is 2.38. The zero-order valence-corrected chi connectivity index (χ0v) is 14.6. The van der Waals surface area contributed by atoms with Gasteiger partial charge in [-0.05, 0) is 55.3 Å². The highest BCUT2D eigenvalue weighted by atomic mass is 35.5. The standard InChI is InChI=1S/C17H12ClF6NO2/c1-8-5-11(6-9(2)14(8)18)27-13-4-3-10(16(19,20)21)7-12(13)25-15(26)17(22,23)24/h3-7H,1-2H3,(H,25,26). The van der Waals surface area contributed by atoms with Crippen LogP contribution in [0.3, 0.4) is 0 Å². The minimum atomic E-state index is -5.28. The second-order valence-electron chi connectivity index (χ2n) is 5.63. The summed E-state index contributed by atoms with van der Waals surface area (Å²) in [6.07, 6.45) is -10.1. The lowest BCUT2D eigenvalue weighted by Gasteiger charge is -2.16. The molecule has 2 rings (SSSR count). The molecule has 0 aromatic heterocycles. The topological polar surface area (TPSA) is 38.3 Å². The van der Waals surface area contributed by atoms with Crippen molar-refractivity contribution < 1.29 is 35.9 Å². The zero-order valence-electron chi connectivity index (χ0n) is 13.8. The van der Waals surface area contributed by atoms with Crippen LogP contribution in [0.2, 0.25) is 5.02 Å². The molecular weight excluding hydrogens is 400 g/mol. The van der Waals surface area contributed by atoms with E-state index in [1.165, 1.54) is 17.4 Å². The Morgan fingerprint density at radius 2 is 1.56 bits per heavy atom. The lowest BCUT2D eigenvalue weighted by molar-refractivity contribution is -0.167. The summed E-state index contributed by atoms with van der Waals surface area (Å²) in [7, 11) is 0. The first-order chi connectivity index (χ1) is 12.3. The number of rotatable bonds is 3. The molecule has 146 valence electrons. The van der Waals surface area contributed by atoms with Gasteiger partial charge >= 0.3 is 18.3 Å². The molecular formula is C17H12ClF6NO2. The van der Waals surface area contributed by atoms with Crippen LogP contribution in [0.25, 0.3) is 0 Å². The van der Waals surface area contributed by atoms with Crippen molar-refractivity contribution in [3.8, 4) is 11.5 Å². The van der Waals surface area contributed by atoms with E-state index in [9.17, 15) is 31.1 Å². The molecule has 0 aliphatic carbocycles. The predicted molar refractivity (Wildman–Crippen MR) is 87.1 cm³/mol. The summed E-state index contributed by atoms with van der Waals surface area (Å²) >= 11 is 6.01. The third kappa shape index (κ3) is 5.06. The SMILES string of the molecule is Cc1cc(Oc2ccc(C(F)(F)F)cc2NC(=O)C(F)(F)F)cc(C)c1Cl. The molecule has 0 heterocycles. The van der Waals surface area contributed by atoms with Crippen molar-refractivity contribution in [3.05, 3.63) is 52.0 Å². The van der Waals surface area contributed by atoms with Crippen molar-refractivity contribution in [1.29, 1.82) is 0 Å². The molecule has 0 aliphatic rings. The number of carbonyl (C=O) groups is 1. The third-order valence-corrected chi connectivity index (χ3v) is 4.05. The molecule has 0 aliphatic heterocycles. The van der Waals surface area contributed by atoms with Gasteiger partial charge in [-0.2, -0.15) is 26.3 Å². The predicted octanol–water partition coefficient (Wildman–Crippen LogP) is 6.27. The summed E-state index contributed by atoms with van der Waals surface area (Å²) in [6.45, 7) is 3.31. The van der Waals surface area contributed by atoms with Gasteiger partial charge in [0.05, 0.1) is 11.3 Å². The summed E-state index contributed by atoms with van der Waals surface area (Å²) in [5, 5.41) is 1.85. The maximum Gasteiger partial charge on any atom is 0.471 e. The van der Waals surface area contributed by atoms with Gasteiger partial charge in [0.25, 0.3) is 0 Å². The average Bonchev–Trinajstić information content (AvgIpc) is 2.52. The molecule has 1 N–H and O–H groups in total. The molecule has 0 saturated carbocycles.